The number of carbonyl (C=O) groups is 1. The first-order valence-electron chi connectivity index (χ1n) is 7.85. The lowest BCUT2D eigenvalue weighted by Gasteiger charge is -2.26. The minimum absolute atomic E-state index is 0.218. The van der Waals surface area contributed by atoms with E-state index >= 15 is 0 Å². The topological polar surface area (TPSA) is 67.6 Å². The van der Waals surface area contributed by atoms with Crippen LogP contribution < -0.4 is 11.3 Å². The number of carbonyl (C=O) groups excluding carboxylic acids is 1. The first-order valence-corrected chi connectivity index (χ1v) is 8.73. The fraction of sp³-hybridized carbons (Fsp3) is 0.688. The van der Waals surface area contributed by atoms with Crippen LogP contribution in [0.15, 0.2) is 17.5 Å². The Balaban J connectivity index is 1.83. The Morgan fingerprint density at radius 3 is 2.95 bits per heavy atom. The Hall–Kier alpha value is -1.11. The molecule has 6 heteroatoms. The van der Waals surface area contributed by atoms with Gasteiger partial charge in [0.1, 0.15) is 5.60 Å². The third-order valence-corrected chi connectivity index (χ3v) is 4.88. The first kappa shape index (κ1) is 17.2. The van der Waals surface area contributed by atoms with Crippen LogP contribution in [0.4, 0.5) is 4.79 Å². The van der Waals surface area contributed by atoms with E-state index in [9.17, 15) is 4.79 Å². The molecule has 1 aromatic heterocycles. The zero-order valence-electron chi connectivity index (χ0n) is 13.7. The van der Waals surface area contributed by atoms with Crippen molar-refractivity contribution in [2.24, 2.45) is 11.8 Å². The lowest BCUT2D eigenvalue weighted by atomic mass is 9.95. The normalized spacial score (nSPS) is 20.2. The Kier molecular flexibility index (Phi) is 5.83. The van der Waals surface area contributed by atoms with E-state index in [1.165, 1.54) is 4.88 Å². The van der Waals surface area contributed by atoms with Crippen LogP contribution in [0.3, 0.4) is 0 Å². The molecule has 3 N–H and O–H groups in total. The van der Waals surface area contributed by atoms with E-state index in [4.69, 9.17) is 10.6 Å². The van der Waals surface area contributed by atoms with E-state index in [0.29, 0.717) is 12.5 Å². The summed E-state index contributed by atoms with van der Waals surface area (Å²) in [5, 5.41) is 2.10. The summed E-state index contributed by atoms with van der Waals surface area (Å²) in [6.45, 7) is 7.14. The minimum atomic E-state index is -0.445. The number of amides is 1. The molecule has 124 valence electrons. The molecule has 2 unspecified atom stereocenters. The maximum absolute atomic E-state index is 12.1. The van der Waals surface area contributed by atoms with E-state index in [1.54, 1.807) is 16.2 Å². The third kappa shape index (κ3) is 4.97. The van der Waals surface area contributed by atoms with Gasteiger partial charge in [0.05, 0.1) is 0 Å². The molecule has 22 heavy (non-hydrogen) atoms. The van der Waals surface area contributed by atoms with Crippen LogP contribution in [0.1, 0.15) is 38.5 Å². The van der Waals surface area contributed by atoms with Crippen molar-refractivity contribution in [1.82, 2.24) is 10.3 Å². The second-order valence-corrected chi connectivity index (χ2v) is 7.90. The fourth-order valence-corrected chi connectivity index (χ4v) is 3.54. The van der Waals surface area contributed by atoms with Crippen molar-refractivity contribution in [3.05, 3.63) is 22.4 Å². The van der Waals surface area contributed by atoms with Gasteiger partial charge in [0.2, 0.25) is 0 Å². The number of nitrogens with two attached hydrogens (primary N) is 1. The fourth-order valence-electron chi connectivity index (χ4n) is 2.82. The number of hydrogen-bond donors (Lipinski definition) is 2. The van der Waals surface area contributed by atoms with Crippen LogP contribution in [0.25, 0.3) is 0 Å². The molecule has 0 bridgehead atoms. The summed E-state index contributed by atoms with van der Waals surface area (Å²) < 4.78 is 5.44. The van der Waals surface area contributed by atoms with Crippen LogP contribution in [0.5, 0.6) is 0 Å². The number of aryl methyl sites for hydroxylation is 1. The highest BCUT2D eigenvalue weighted by Gasteiger charge is 2.33. The van der Waals surface area contributed by atoms with Gasteiger partial charge in [0, 0.05) is 24.0 Å². The molecular formula is C16H27N3O2S. The highest BCUT2D eigenvalue weighted by Crippen LogP contribution is 2.24. The van der Waals surface area contributed by atoms with Gasteiger partial charge in [0.25, 0.3) is 0 Å². The maximum atomic E-state index is 12.1. The number of hydrazine groups is 1. The highest BCUT2D eigenvalue weighted by atomic mass is 32.1. The van der Waals surface area contributed by atoms with Crippen LogP contribution >= 0.6 is 11.3 Å². The monoisotopic (exact) mass is 325 g/mol. The average molecular weight is 325 g/mol. The predicted molar refractivity (Wildman–Crippen MR) is 89.7 cm³/mol. The molecule has 0 aliphatic carbocycles. The molecule has 0 spiro atoms. The average Bonchev–Trinajstić information content (AvgIpc) is 3.08. The molecule has 1 fully saturated rings. The van der Waals surface area contributed by atoms with E-state index < -0.39 is 5.60 Å². The van der Waals surface area contributed by atoms with Crippen molar-refractivity contribution in [3.8, 4) is 0 Å². The van der Waals surface area contributed by atoms with Gasteiger partial charge in [-0.25, -0.2) is 4.79 Å². The summed E-state index contributed by atoms with van der Waals surface area (Å²) in [5.74, 6) is 6.12. The lowest BCUT2D eigenvalue weighted by Crippen LogP contribution is -2.43. The van der Waals surface area contributed by atoms with E-state index in [1.807, 2.05) is 20.8 Å². The SMILES string of the molecule is CC(C)(C)OC(=O)N1CCC(C(CCc2cccs2)NN)C1. The van der Waals surface area contributed by atoms with Crippen molar-refractivity contribution in [1.29, 1.82) is 0 Å². The molecular weight excluding hydrogens is 298 g/mol. The quantitative estimate of drug-likeness (QED) is 0.645. The molecule has 1 saturated heterocycles. The highest BCUT2D eigenvalue weighted by molar-refractivity contribution is 7.09. The van der Waals surface area contributed by atoms with Crippen molar-refractivity contribution in [2.45, 2.75) is 51.7 Å². The first-order chi connectivity index (χ1) is 10.4. The Morgan fingerprint density at radius 1 is 1.59 bits per heavy atom. The molecule has 0 aromatic carbocycles. The smallest absolute Gasteiger partial charge is 0.410 e. The Labute approximate surface area is 136 Å². The zero-order chi connectivity index (χ0) is 16.2. The van der Waals surface area contributed by atoms with E-state index in [-0.39, 0.29) is 12.1 Å². The molecule has 0 saturated carbocycles. The van der Waals surface area contributed by atoms with Crippen molar-refractivity contribution in [2.75, 3.05) is 13.1 Å². The summed E-state index contributed by atoms with van der Waals surface area (Å²) in [6.07, 6.45) is 2.77. The molecule has 1 aromatic rings. The van der Waals surface area contributed by atoms with Gasteiger partial charge in [-0.3, -0.25) is 11.3 Å². The predicted octanol–water partition coefficient (Wildman–Crippen LogP) is 2.77. The molecule has 1 aliphatic rings. The molecule has 2 atom stereocenters. The number of likely N-dealkylation sites (tertiary alicyclic amines) is 1. The van der Waals surface area contributed by atoms with Gasteiger partial charge in [-0.05, 0) is 57.4 Å². The second kappa shape index (κ2) is 7.44. The molecule has 1 aliphatic heterocycles. The molecule has 0 radical (unpaired) electrons. The molecule has 2 heterocycles. The molecule has 5 nitrogen and oxygen atoms in total. The second-order valence-electron chi connectivity index (χ2n) is 6.87. The number of nitrogens with zero attached hydrogens (tertiary/aromatic N) is 1. The summed E-state index contributed by atoms with van der Waals surface area (Å²) >= 11 is 1.78. The maximum Gasteiger partial charge on any atom is 0.410 e. The summed E-state index contributed by atoms with van der Waals surface area (Å²) in [4.78, 5) is 15.3. The van der Waals surface area contributed by atoms with Crippen LogP contribution in [0.2, 0.25) is 0 Å². The lowest BCUT2D eigenvalue weighted by molar-refractivity contribution is 0.0285. The Bertz CT molecular complexity index is 470. The minimum Gasteiger partial charge on any atom is -0.444 e. The number of ether oxygens (including phenoxy) is 1. The van der Waals surface area contributed by atoms with Crippen LogP contribution in [-0.4, -0.2) is 35.7 Å². The van der Waals surface area contributed by atoms with Crippen LogP contribution in [-0.2, 0) is 11.2 Å². The van der Waals surface area contributed by atoms with Crippen molar-refractivity contribution < 1.29 is 9.53 Å². The van der Waals surface area contributed by atoms with Gasteiger partial charge in [-0.1, -0.05) is 6.07 Å². The van der Waals surface area contributed by atoms with Gasteiger partial charge in [-0.15, -0.1) is 11.3 Å². The number of rotatable bonds is 5. The zero-order valence-corrected chi connectivity index (χ0v) is 14.5. The van der Waals surface area contributed by atoms with Gasteiger partial charge in [-0.2, -0.15) is 0 Å². The summed E-state index contributed by atoms with van der Waals surface area (Å²) in [5.41, 5.74) is 2.50. The van der Waals surface area contributed by atoms with Crippen molar-refractivity contribution >= 4 is 17.4 Å². The third-order valence-electron chi connectivity index (χ3n) is 3.94. The largest absolute Gasteiger partial charge is 0.444 e. The number of hydrogen-bond acceptors (Lipinski definition) is 5. The molecule has 2 rings (SSSR count). The van der Waals surface area contributed by atoms with Crippen molar-refractivity contribution in [3.63, 3.8) is 0 Å². The Morgan fingerprint density at radius 2 is 2.36 bits per heavy atom. The summed E-state index contributed by atoms with van der Waals surface area (Å²) in [7, 11) is 0. The summed E-state index contributed by atoms with van der Waals surface area (Å²) in [6, 6.07) is 4.46. The van der Waals surface area contributed by atoms with E-state index in [0.717, 1.165) is 25.8 Å². The van der Waals surface area contributed by atoms with Crippen LogP contribution in [0, 0.1) is 5.92 Å². The molecule has 1 amide bonds. The standard InChI is InChI=1S/C16H27N3O2S/c1-16(2,3)21-15(20)19-9-8-12(11-19)14(18-17)7-6-13-5-4-10-22-13/h4-5,10,12,14,18H,6-9,11,17H2,1-3H3. The number of thiophene rings is 1. The van der Waals surface area contributed by atoms with Gasteiger partial charge < -0.3 is 9.64 Å². The van der Waals surface area contributed by atoms with E-state index in [2.05, 4.69) is 22.9 Å². The van der Waals surface area contributed by atoms with Gasteiger partial charge >= 0.3 is 6.09 Å². The number of nitrogens with one attached hydrogen (secondary N) is 1. The van der Waals surface area contributed by atoms with Gasteiger partial charge in [0.15, 0.2) is 0 Å².